The van der Waals surface area contributed by atoms with Crippen LogP contribution in [0.3, 0.4) is 0 Å². The molecule has 0 aromatic carbocycles. The zero-order valence-electron chi connectivity index (χ0n) is 15.7. The Labute approximate surface area is 133 Å². The average Bonchev–Trinajstić information content (AvgIpc) is 3.04. The molecular weight excluding hydrogens is 256 g/mol. The van der Waals surface area contributed by atoms with Crippen LogP contribution in [-0.4, -0.2) is 47.1 Å². The Morgan fingerprint density at radius 2 is 1.48 bits per heavy atom. The molecule has 5 atom stereocenters. The van der Waals surface area contributed by atoms with Gasteiger partial charge in [-0.05, 0) is 43.9 Å². The van der Waals surface area contributed by atoms with Crippen molar-refractivity contribution in [3.05, 3.63) is 0 Å². The van der Waals surface area contributed by atoms with E-state index < -0.39 is 0 Å². The first-order valence-electron chi connectivity index (χ1n) is 9.20. The Kier molecular flexibility index (Phi) is 5.10. The highest BCUT2D eigenvalue weighted by Crippen LogP contribution is 2.40. The van der Waals surface area contributed by atoms with E-state index >= 15 is 0 Å². The third-order valence-electron chi connectivity index (χ3n) is 7.20. The molecule has 2 nitrogen and oxygen atoms in total. The fourth-order valence-corrected chi connectivity index (χ4v) is 4.31. The van der Waals surface area contributed by atoms with Crippen LogP contribution in [0.15, 0.2) is 0 Å². The summed E-state index contributed by atoms with van der Waals surface area (Å²) >= 11 is 0. The normalized spacial score (nSPS) is 31.9. The van der Waals surface area contributed by atoms with Gasteiger partial charge >= 0.3 is 0 Å². The number of fused-ring (bicyclic) bond motifs is 2. The third kappa shape index (κ3) is 3.17. The third-order valence-corrected chi connectivity index (χ3v) is 7.20. The highest BCUT2D eigenvalue weighted by molar-refractivity contribution is 5.04. The Hall–Kier alpha value is -0.0800. The Bertz CT molecular complexity index is 349. The summed E-state index contributed by atoms with van der Waals surface area (Å²) in [4.78, 5) is 5.63. The molecule has 124 valence electrons. The maximum Gasteiger partial charge on any atom is 0.0242 e. The van der Waals surface area contributed by atoms with Crippen molar-refractivity contribution in [1.82, 2.24) is 9.80 Å². The summed E-state index contributed by atoms with van der Waals surface area (Å²) in [5, 5.41) is 0. The molecule has 0 aliphatic carbocycles. The second kappa shape index (κ2) is 6.20. The minimum absolute atomic E-state index is 0.437. The van der Waals surface area contributed by atoms with Crippen molar-refractivity contribution in [3.8, 4) is 0 Å². The molecule has 2 aliphatic rings. The molecule has 0 amide bonds. The molecular formula is C19H38N2. The van der Waals surface area contributed by atoms with E-state index in [0.717, 1.165) is 30.0 Å². The highest BCUT2D eigenvalue weighted by atomic mass is 15.4. The lowest BCUT2D eigenvalue weighted by Crippen LogP contribution is -2.56. The van der Waals surface area contributed by atoms with Gasteiger partial charge in [0.1, 0.15) is 0 Å². The lowest BCUT2D eigenvalue weighted by atomic mass is 9.81. The minimum Gasteiger partial charge on any atom is -0.295 e. The first-order valence-corrected chi connectivity index (χ1v) is 9.20. The summed E-state index contributed by atoms with van der Waals surface area (Å²) in [5.74, 6) is 1.58. The number of piperazine rings is 1. The van der Waals surface area contributed by atoms with Gasteiger partial charge in [-0.3, -0.25) is 9.80 Å². The van der Waals surface area contributed by atoms with Gasteiger partial charge < -0.3 is 0 Å². The molecule has 0 N–H and O–H groups in total. The quantitative estimate of drug-likeness (QED) is 0.722. The molecule has 3 unspecified atom stereocenters. The maximum atomic E-state index is 2.82. The largest absolute Gasteiger partial charge is 0.295 e. The molecule has 0 radical (unpaired) electrons. The molecule has 0 spiro atoms. The first-order chi connectivity index (χ1) is 9.69. The summed E-state index contributed by atoms with van der Waals surface area (Å²) in [6.45, 7) is 21.9. The van der Waals surface area contributed by atoms with Crippen LogP contribution in [0.1, 0.15) is 68.2 Å². The van der Waals surface area contributed by atoms with Crippen LogP contribution < -0.4 is 0 Å². The van der Waals surface area contributed by atoms with Crippen LogP contribution in [0.25, 0.3) is 0 Å². The molecule has 0 saturated carbocycles. The standard InChI is InChI=1S/C19H38N2/c1-9-19(7,8)16(6)21-12-17-10-18(21)11-20(17)15(5)14(4)13(2)3/h13-18H,9-12H2,1-8H3/t14?,15?,16?,17-,18-/m0/s1. The van der Waals surface area contributed by atoms with E-state index in [-0.39, 0.29) is 0 Å². The van der Waals surface area contributed by atoms with E-state index in [0.29, 0.717) is 11.5 Å². The molecule has 2 rings (SSSR count). The maximum absolute atomic E-state index is 2.82. The van der Waals surface area contributed by atoms with Crippen LogP contribution in [0.2, 0.25) is 0 Å². The van der Waals surface area contributed by atoms with Gasteiger partial charge in [-0.15, -0.1) is 0 Å². The number of hydrogen-bond donors (Lipinski definition) is 0. The van der Waals surface area contributed by atoms with Crippen LogP contribution in [-0.2, 0) is 0 Å². The molecule has 2 aliphatic heterocycles. The van der Waals surface area contributed by atoms with Crippen LogP contribution in [0.4, 0.5) is 0 Å². The van der Waals surface area contributed by atoms with Crippen molar-refractivity contribution in [3.63, 3.8) is 0 Å². The summed E-state index contributed by atoms with van der Waals surface area (Å²) in [6, 6.07) is 3.05. The Morgan fingerprint density at radius 1 is 0.952 bits per heavy atom. The zero-order chi connectivity index (χ0) is 15.9. The number of hydrogen-bond acceptors (Lipinski definition) is 2. The zero-order valence-corrected chi connectivity index (χ0v) is 15.7. The van der Waals surface area contributed by atoms with Crippen molar-refractivity contribution in [2.75, 3.05) is 13.1 Å². The minimum atomic E-state index is 0.437. The average molecular weight is 295 g/mol. The monoisotopic (exact) mass is 294 g/mol. The van der Waals surface area contributed by atoms with E-state index in [1.807, 2.05) is 0 Å². The van der Waals surface area contributed by atoms with Gasteiger partial charge in [0, 0.05) is 37.3 Å². The molecule has 2 heterocycles. The Balaban J connectivity index is 1.99. The summed E-state index contributed by atoms with van der Waals surface area (Å²) in [5.41, 5.74) is 0.437. The molecule has 21 heavy (non-hydrogen) atoms. The number of likely N-dealkylation sites (tertiary alicyclic amines) is 2. The van der Waals surface area contributed by atoms with E-state index in [1.54, 1.807) is 0 Å². The van der Waals surface area contributed by atoms with E-state index in [9.17, 15) is 0 Å². The lowest BCUT2D eigenvalue weighted by molar-refractivity contribution is 0.0169. The van der Waals surface area contributed by atoms with Crippen LogP contribution >= 0.6 is 0 Å². The smallest absolute Gasteiger partial charge is 0.0242 e. The fraction of sp³-hybridized carbons (Fsp3) is 1.00. The van der Waals surface area contributed by atoms with Gasteiger partial charge in [-0.25, -0.2) is 0 Å². The lowest BCUT2D eigenvalue weighted by Gasteiger charge is -2.46. The van der Waals surface area contributed by atoms with Gasteiger partial charge in [-0.1, -0.05) is 41.5 Å². The first kappa shape index (κ1) is 17.3. The van der Waals surface area contributed by atoms with E-state index in [4.69, 9.17) is 0 Å². The topological polar surface area (TPSA) is 6.48 Å². The van der Waals surface area contributed by atoms with Crippen molar-refractivity contribution in [1.29, 1.82) is 0 Å². The van der Waals surface area contributed by atoms with E-state index in [1.165, 1.54) is 25.9 Å². The van der Waals surface area contributed by atoms with Crippen molar-refractivity contribution in [2.24, 2.45) is 17.3 Å². The summed E-state index contributed by atoms with van der Waals surface area (Å²) in [6.07, 6.45) is 2.67. The molecule has 2 bridgehead atoms. The van der Waals surface area contributed by atoms with Crippen LogP contribution in [0, 0.1) is 17.3 Å². The van der Waals surface area contributed by atoms with Gasteiger partial charge in [0.25, 0.3) is 0 Å². The van der Waals surface area contributed by atoms with Crippen LogP contribution in [0.5, 0.6) is 0 Å². The van der Waals surface area contributed by atoms with Gasteiger partial charge in [0.2, 0.25) is 0 Å². The molecule has 0 aromatic rings. The Morgan fingerprint density at radius 3 is 1.90 bits per heavy atom. The van der Waals surface area contributed by atoms with Gasteiger partial charge in [-0.2, -0.15) is 0 Å². The summed E-state index contributed by atoms with van der Waals surface area (Å²) < 4.78 is 0. The van der Waals surface area contributed by atoms with Crippen molar-refractivity contribution in [2.45, 2.75) is 92.4 Å². The fourth-order valence-electron chi connectivity index (χ4n) is 4.31. The second-order valence-electron chi connectivity index (χ2n) is 8.80. The SMILES string of the molecule is CCC(C)(C)C(C)N1C[C@@H]2C[C@H]1CN2C(C)C(C)C(C)C. The van der Waals surface area contributed by atoms with Crippen molar-refractivity contribution < 1.29 is 0 Å². The van der Waals surface area contributed by atoms with Gasteiger partial charge in [0.05, 0.1) is 0 Å². The molecule has 0 aromatic heterocycles. The summed E-state index contributed by atoms with van der Waals surface area (Å²) in [7, 11) is 0. The highest BCUT2D eigenvalue weighted by Gasteiger charge is 2.48. The molecule has 2 saturated heterocycles. The second-order valence-corrected chi connectivity index (χ2v) is 8.80. The van der Waals surface area contributed by atoms with Gasteiger partial charge in [0.15, 0.2) is 0 Å². The number of rotatable bonds is 6. The predicted octanol–water partition coefficient (Wildman–Crippen LogP) is 4.25. The number of nitrogens with zero attached hydrogens (tertiary/aromatic N) is 2. The molecule has 2 heteroatoms. The molecule has 2 fully saturated rings. The van der Waals surface area contributed by atoms with E-state index in [2.05, 4.69) is 65.2 Å². The van der Waals surface area contributed by atoms with Crippen molar-refractivity contribution >= 4 is 0 Å². The predicted molar refractivity (Wildman–Crippen MR) is 92.6 cm³/mol.